The van der Waals surface area contributed by atoms with Crippen molar-refractivity contribution in [2.75, 3.05) is 0 Å². The molecule has 3 nitrogen and oxygen atoms in total. The summed E-state index contributed by atoms with van der Waals surface area (Å²) >= 11 is 0. The summed E-state index contributed by atoms with van der Waals surface area (Å²) in [6.07, 6.45) is 0. The Morgan fingerprint density at radius 3 is 2.67 bits per heavy atom. The van der Waals surface area contributed by atoms with Crippen molar-refractivity contribution in [3.05, 3.63) is 6.92 Å². The third-order valence-electron chi connectivity index (χ3n) is 0.657. The highest BCUT2D eigenvalue weighted by molar-refractivity contribution is 6.44. The monoisotopic (exact) mass is 197 g/mol. The molecule has 0 aliphatic rings. The Balaban J connectivity index is 2.60. The van der Waals surface area contributed by atoms with E-state index in [-0.39, 0.29) is 9.76 Å². The second-order valence-corrected chi connectivity index (χ2v) is 8.65. The van der Waals surface area contributed by atoms with Gasteiger partial charge in [0.05, 0.1) is 0 Å². The molecule has 0 saturated heterocycles. The minimum atomic E-state index is -0.630. The SMILES string of the molecule is [CH2]C[SiH2]O[SiH2]O[SiH2]O[SiH3]. The predicted octanol–water partition coefficient (Wildman–Crippen LogP) is -3.35. The Bertz CT molecular complexity index is 47.1. The van der Waals surface area contributed by atoms with Crippen LogP contribution in [-0.4, -0.2) is 40.3 Å². The van der Waals surface area contributed by atoms with Crippen LogP contribution in [0.2, 0.25) is 6.04 Å². The summed E-state index contributed by atoms with van der Waals surface area (Å²) in [6, 6.07) is 0.972. The van der Waals surface area contributed by atoms with Gasteiger partial charge in [-0.25, -0.2) is 0 Å². The van der Waals surface area contributed by atoms with Gasteiger partial charge in [0.2, 0.25) is 0 Å². The van der Waals surface area contributed by atoms with Crippen LogP contribution < -0.4 is 0 Å². The molecule has 9 heavy (non-hydrogen) atoms. The Morgan fingerprint density at radius 1 is 1.33 bits per heavy atom. The molecule has 0 rings (SSSR count). The lowest BCUT2D eigenvalue weighted by Crippen LogP contribution is -2.11. The third-order valence-corrected chi connectivity index (χ3v) is 5.04. The van der Waals surface area contributed by atoms with E-state index in [1.165, 1.54) is 0 Å². The van der Waals surface area contributed by atoms with Gasteiger partial charge in [0.1, 0.15) is 20.2 Å². The van der Waals surface area contributed by atoms with E-state index in [4.69, 9.17) is 12.3 Å². The van der Waals surface area contributed by atoms with E-state index in [1.807, 2.05) is 0 Å². The normalized spacial score (nSPS) is 14.3. The first-order chi connectivity index (χ1) is 4.41. The second kappa shape index (κ2) is 8.75. The highest BCUT2D eigenvalue weighted by atomic mass is 28.4. The fraction of sp³-hybridized carbons (Fsp3) is 0.500. The van der Waals surface area contributed by atoms with Crippen molar-refractivity contribution >= 4 is 40.3 Å². The average Bonchev–Trinajstić information content (AvgIpc) is 1.89. The van der Waals surface area contributed by atoms with Crippen molar-refractivity contribution in [1.82, 2.24) is 0 Å². The topological polar surface area (TPSA) is 27.7 Å². The second-order valence-electron chi connectivity index (χ2n) is 1.49. The van der Waals surface area contributed by atoms with E-state index in [9.17, 15) is 0 Å². The molecule has 0 heterocycles. The third kappa shape index (κ3) is 8.75. The maximum Gasteiger partial charge on any atom is 0.284 e. The maximum atomic E-state index is 5.25. The van der Waals surface area contributed by atoms with E-state index in [1.54, 1.807) is 0 Å². The van der Waals surface area contributed by atoms with Gasteiger partial charge in [0.25, 0.3) is 20.0 Å². The van der Waals surface area contributed by atoms with Crippen LogP contribution in [-0.2, 0) is 12.3 Å². The zero-order chi connectivity index (χ0) is 6.95. The van der Waals surface area contributed by atoms with Crippen LogP contribution in [0.25, 0.3) is 0 Å². The van der Waals surface area contributed by atoms with Gasteiger partial charge in [0, 0.05) is 0 Å². The Morgan fingerprint density at radius 2 is 2.11 bits per heavy atom. The highest BCUT2D eigenvalue weighted by Crippen LogP contribution is 1.74. The minimum Gasteiger partial charge on any atom is -0.449 e. The Labute approximate surface area is 66.1 Å². The fourth-order valence-corrected chi connectivity index (χ4v) is 5.60. The summed E-state index contributed by atoms with van der Waals surface area (Å²) in [7, 11) is -0.728. The zero-order valence-electron chi connectivity index (χ0n) is 5.76. The van der Waals surface area contributed by atoms with Crippen molar-refractivity contribution < 1.29 is 12.3 Å². The van der Waals surface area contributed by atoms with E-state index >= 15 is 0 Å². The summed E-state index contributed by atoms with van der Waals surface area (Å²) in [6.45, 7) is 3.69. The first kappa shape index (κ1) is 9.75. The van der Waals surface area contributed by atoms with Crippen molar-refractivity contribution in [1.29, 1.82) is 0 Å². The van der Waals surface area contributed by atoms with Gasteiger partial charge in [-0.15, -0.1) is 0 Å². The summed E-state index contributed by atoms with van der Waals surface area (Å²) in [5.74, 6) is 0. The molecule has 0 unspecified atom stereocenters. The molecule has 0 amide bonds. The van der Waals surface area contributed by atoms with Crippen LogP contribution >= 0.6 is 0 Å². The van der Waals surface area contributed by atoms with Crippen LogP contribution in [0.5, 0.6) is 0 Å². The van der Waals surface area contributed by atoms with E-state index in [2.05, 4.69) is 6.92 Å². The highest BCUT2D eigenvalue weighted by Gasteiger charge is 1.86. The first-order valence-electron chi connectivity index (χ1n) is 2.85. The van der Waals surface area contributed by atoms with Gasteiger partial charge in [-0.2, -0.15) is 0 Å². The smallest absolute Gasteiger partial charge is 0.284 e. The van der Waals surface area contributed by atoms with Crippen molar-refractivity contribution in [3.63, 3.8) is 0 Å². The lowest BCUT2D eigenvalue weighted by atomic mass is 11.0. The predicted molar refractivity (Wildman–Crippen MR) is 49.0 cm³/mol. The quantitative estimate of drug-likeness (QED) is 0.329. The first-order valence-corrected chi connectivity index (χ1v) is 7.55. The summed E-state index contributed by atoms with van der Waals surface area (Å²) in [4.78, 5) is 0. The molecule has 0 N–H and O–H groups in total. The van der Waals surface area contributed by atoms with Crippen LogP contribution in [0.4, 0.5) is 0 Å². The number of hydrogen-bond donors (Lipinski definition) is 0. The minimum absolute atomic E-state index is 0.303. The molecule has 1 radical (unpaired) electrons. The van der Waals surface area contributed by atoms with E-state index in [0.717, 1.165) is 16.5 Å². The van der Waals surface area contributed by atoms with E-state index in [0.29, 0.717) is 0 Å². The molecule has 7 heteroatoms. The van der Waals surface area contributed by atoms with Crippen LogP contribution in [0, 0.1) is 6.92 Å². The van der Waals surface area contributed by atoms with E-state index < -0.39 is 20.0 Å². The molecule has 0 bridgehead atoms. The zero-order valence-corrected chi connectivity index (χ0v) is 12.0. The molecule has 0 aromatic rings. The van der Waals surface area contributed by atoms with Gasteiger partial charge in [-0.1, -0.05) is 6.92 Å². The molecule has 0 fully saturated rings. The Kier molecular flexibility index (Phi) is 9.47. The molecule has 0 atom stereocenters. The molecule has 0 aliphatic carbocycles. The molecular weight excluding hydrogens is 184 g/mol. The van der Waals surface area contributed by atoms with Crippen molar-refractivity contribution in [3.8, 4) is 0 Å². The standard InChI is InChI=1S/C2H13O3Si4/c1-2-7-4-9-5-8-3-6/h1-2,7-9H2,6H3. The molecule has 0 spiro atoms. The molecule has 0 aromatic carbocycles. The van der Waals surface area contributed by atoms with Crippen LogP contribution in [0.3, 0.4) is 0 Å². The van der Waals surface area contributed by atoms with Crippen molar-refractivity contribution in [2.24, 2.45) is 0 Å². The molecular formula is C2H13O3Si4. The average molecular weight is 197 g/mol. The molecule has 0 aliphatic heterocycles. The van der Waals surface area contributed by atoms with Crippen molar-refractivity contribution in [2.45, 2.75) is 6.04 Å². The van der Waals surface area contributed by atoms with Gasteiger partial charge in [-0.05, 0) is 6.04 Å². The molecule has 0 aromatic heterocycles. The lowest BCUT2D eigenvalue weighted by Gasteiger charge is -2.01. The molecule has 55 valence electrons. The number of hydrogen-bond acceptors (Lipinski definition) is 3. The fourth-order valence-electron chi connectivity index (χ4n) is 0.337. The summed E-state index contributed by atoms with van der Waals surface area (Å²) < 4.78 is 15.3. The Hall–Kier alpha value is 0.748. The van der Waals surface area contributed by atoms with Crippen LogP contribution in [0.1, 0.15) is 0 Å². The van der Waals surface area contributed by atoms with Gasteiger partial charge in [0.15, 0.2) is 0 Å². The summed E-state index contributed by atoms with van der Waals surface area (Å²) in [5.41, 5.74) is 0. The van der Waals surface area contributed by atoms with Crippen LogP contribution in [0.15, 0.2) is 0 Å². The lowest BCUT2D eigenvalue weighted by molar-refractivity contribution is 0.439. The summed E-state index contributed by atoms with van der Waals surface area (Å²) in [5, 5.41) is 0. The largest absolute Gasteiger partial charge is 0.449 e. The van der Waals surface area contributed by atoms with Gasteiger partial charge in [-0.3, -0.25) is 0 Å². The maximum absolute atomic E-state index is 5.25. The van der Waals surface area contributed by atoms with Gasteiger partial charge < -0.3 is 12.3 Å². The number of rotatable bonds is 6. The molecule has 0 saturated carbocycles. The van der Waals surface area contributed by atoms with Gasteiger partial charge >= 0.3 is 0 Å².